The van der Waals surface area contributed by atoms with Crippen LogP contribution in [-0.4, -0.2) is 18.4 Å². The van der Waals surface area contributed by atoms with E-state index in [1.807, 2.05) is 0 Å². The average molecular weight is 222 g/mol. The molecule has 0 atom stereocenters. The predicted octanol–water partition coefficient (Wildman–Crippen LogP) is 2.49. The van der Waals surface area contributed by atoms with E-state index >= 15 is 0 Å². The lowest BCUT2D eigenvalue weighted by Crippen LogP contribution is -1.99. The summed E-state index contributed by atoms with van der Waals surface area (Å²) < 4.78 is 29.2. The highest BCUT2D eigenvalue weighted by atomic mass is 35.5. The first-order valence-electron chi connectivity index (χ1n) is 3.58. The van der Waals surface area contributed by atoms with E-state index in [1.165, 1.54) is 7.11 Å². The van der Waals surface area contributed by atoms with Gasteiger partial charge in [-0.2, -0.15) is 0 Å². The Morgan fingerprint density at radius 1 is 1.64 bits per heavy atom. The molecule has 0 aliphatic heterocycles. The molecule has 0 saturated carbocycles. The van der Waals surface area contributed by atoms with Gasteiger partial charge in [-0.1, -0.05) is 11.6 Å². The average Bonchev–Trinajstić information content (AvgIpc) is 2.17. The lowest BCUT2D eigenvalue weighted by Gasteiger charge is -2.07. The van der Waals surface area contributed by atoms with Crippen LogP contribution in [0.2, 0.25) is 5.02 Å². The monoisotopic (exact) mass is 221 g/mol. The van der Waals surface area contributed by atoms with E-state index in [2.05, 4.69) is 4.98 Å². The van der Waals surface area contributed by atoms with Crippen LogP contribution in [0.4, 0.5) is 8.78 Å². The molecule has 1 aromatic heterocycles. The molecule has 0 fully saturated rings. The molecule has 0 unspecified atom stereocenters. The standard InChI is InChI=1S/C8H6ClF2NO2/c1-14-6-2-4(8(10)11)12-5(3-13)7(6)9/h2-3,8H,1H3. The van der Waals surface area contributed by atoms with E-state index in [9.17, 15) is 13.6 Å². The highest BCUT2D eigenvalue weighted by Crippen LogP contribution is 2.30. The highest BCUT2D eigenvalue weighted by molar-refractivity contribution is 6.34. The summed E-state index contributed by atoms with van der Waals surface area (Å²) in [6, 6.07) is 1.00. The molecule has 0 radical (unpaired) electrons. The van der Waals surface area contributed by atoms with Gasteiger partial charge in [0.05, 0.1) is 7.11 Å². The van der Waals surface area contributed by atoms with Gasteiger partial charge in [0, 0.05) is 6.07 Å². The van der Waals surface area contributed by atoms with Crippen molar-refractivity contribution < 1.29 is 18.3 Å². The molecule has 0 aliphatic rings. The van der Waals surface area contributed by atoms with E-state index < -0.39 is 12.1 Å². The summed E-state index contributed by atoms with van der Waals surface area (Å²) in [5, 5.41) is -0.0631. The first-order chi connectivity index (χ1) is 6.60. The summed E-state index contributed by atoms with van der Waals surface area (Å²) in [6.07, 6.45) is -2.46. The largest absolute Gasteiger partial charge is 0.495 e. The summed E-state index contributed by atoms with van der Waals surface area (Å²) in [7, 11) is 1.27. The molecular weight excluding hydrogens is 216 g/mol. The van der Waals surface area contributed by atoms with E-state index in [0.29, 0.717) is 6.29 Å². The number of carbonyl (C=O) groups is 1. The van der Waals surface area contributed by atoms with Crippen LogP contribution in [0.1, 0.15) is 22.6 Å². The minimum atomic E-state index is -2.76. The Morgan fingerprint density at radius 2 is 2.29 bits per heavy atom. The Hall–Kier alpha value is -1.23. The van der Waals surface area contributed by atoms with Crippen LogP contribution in [0.3, 0.4) is 0 Å². The maximum Gasteiger partial charge on any atom is 0.280 e. The molecular formula is C8H6ClF2NO2. The summed E-state index contributed by atoms with van der Waals surface area (Å²) in [4.78, 5) is 13.8. The molecule has 1 aromatic rings. The van der Waals surface area contributed by atoms with Crippen LogP contribution in [0.5, 0.6) is 5.75 Å². The maximum absolute atomic E-state index is 12.3. The number of hydrogen-bond donors (Lipinski definition) is 0. The summed E-state index contributed by atoms with van der Waals surface area (Å²) >= 11 is 5.62. The van der Waals surface area contributed by atoms with Crippen molar-refractivity contribution in [1.82, 2.24) is 4.98 Å². The maximum atomic E-state index is 12.3. The number of aromatic nitrogens is 1. The predicted molar refractivity (Wildman–Crippen MR) is 46.1 cm³/mol. The number of hydrogen-bond acceptors (Lipinski definition) is 3. The van der Waals surface area contributed by atoms with Crippen LogP contribution in [0.15, 0.2) is 6.07 Å². The number of rotatable bonds is 3. The second kappa shape index (κ2) is 4.32. The Kier molecular flexibility index (Phi) is 3.35. The minimum Gasteiger partial charge on any atom is -0.495 e. The Labute approximate surface area is 83.7 Å². The second-order valence-corrected chi connectivity index (χ2v) is 2.75. The number of aldehydes is 1. The third-order valence-corrected chi connectivity index (χ3v) is 1.90. The fourth-order valence-electron chi connectivity index (χ4n) is 0.883. The van der Waals surface area contributed by atoms with Crippen molar-refractivity contribution in [2.45, 2.75) is 6.43 Å². The zero-order valence-electron chi connectivity index (χ0n) is 7.13. The molecule has 0 saturated heterocycles. The first kappa shape index (κ1) is 10.8. The van der Waals surface area contributed by atoms with Gasteiger partial charge in [-0.25, -0.2) is 13.8 Å². The SMILES string of the molecule is COc1cc(C(F)F)nc(C=O)c1Cl. The van der Waals surface area contributed by atoms with Gasteiger partial charge in [0.2, 0.25) is 0 Å². The molecule has 76 valence electrons. The molecule has 6 heteroatoms. The van der Waals surface area contributed by atoms with Gasteiger partial charge in [0.15, 0.2) is 6.29 Å². The van der Waals surface area contributed by atoms with Gasteiger partial charge in [-0.3, -0.25) is 4.79 Å². The topological polar surface area (TPSA) is 39.2 Å². The molecule has 1 rings (SSSR count). The molecule has 0 aromatic carbocycles. The van der Waals surface area contributed by atoms with E-state index in [4.69, 9.17) is 16.3 Å². The fourth-order valence-corrected chi connectivity index (χ4v) is 1.10. The lowest BCUT2D eigenvalue weighted by atomic mass is 10.3. The molecule has 0 bridgehead atoms. The number of methoxy groups -OCH3 is 1. The van der Waals surface area contributed by atoms with E-state index in [0.717, 1.165) is 6.07 Å². The van der Waals surface area contributed by atoms with Gasteiger partial charge in [-0.15, -0.1) is 0 Å². The quantitative estimate of drug-likeness (QED) is 0.736. The number of ether oxygens (including phenoxy) is 1. The lowest BCUT2D eigenvalue weighted by molar-refractivity contribution is 0.111. The Morgan fingerprint density at radius 3 is 2.71 bits per heavy atom. The zero-order chi connectivity index (χ0) is 10.7. The van der Waals surface area contributed by atoms with Crippen LogP contribution in [0, 0.1) is 0 Å². The highest BCUT2D eigenvalue weighted by Gasteiger charge is 2.16. The van der Waals surface area contributed by atoms with Crippen molar-refractivity contribution in [3.8, 4) is 5.75 Å². The Balaban J connectivity index is 3.31. The van der Waals surface area contributed by atoms with Crippen LogP contribution in [0.25, 0.3) is 0 Å². The van der Waals surface area contributed by atoms with E-state index in [1.54, 1.807) is 0 Å². The minimum absolute atomic E-state index is 0.0130. The zero-order valence-corrected chi connectivity index (χ0v) is 7.89. The molecule has 14 heavy (non-hydrogen) atoms. The van der Waals surface area contributed by atoms with Gasteiger partial charge in [0.25, 0.3) is 6.43 Å². The molecule has 3 nitrogen and oxygen atoms in total. The van der Waals surface area contributed by atoms with Crippen LogP contribution in [-0.2, 0) is 0 Å². The summed E-state index contributed by atoms with van der Waals surface area (Å²) in [5.41, 5.74) is -0.783. The summed E-state index contributed by atoms with van der Waals surface area (Å²) in [5.74, 6) is 0.0130. The van der Waals surface area contributed by atoms with Gasteiger partial charge in [0.1, 0.15) is 22.2 Å². The number of carbonyl (C=O) groups excluding carboxylic acids is 1. The fraction of sp³-hybridized carbons (Fsp3) is 0.250. The normalized spacial score (nSPS) is 10.4. The van der Waals surface area contributed by atoms with Crippen molar-refractivity contribution in [1.29, 1.82) is 0 Å². The van der Waals surface area contributed by atoms with E-state index in [-0.39, 0.29) is 16.5 Å². The van der Waals surface area contributed by atoms with Crippen LogP contribution >= 0.6 is 11.6 Å². The third-order valence-electron chi connectivity index (χ3n) is 1.52. The van der Waals surface area contributed by atoms with Crippen molar-refractivity contribution in [3.63, 3.8) is 0 Å². The molecule has 0 amide bonds. The first-order valence-corrected chi connectivity index (χ1v) is 3.95. The van der Waals surface area contributed by atoms with Gasteiger partial charge in [-0.05, 0) is 0 Å². The molecule has 1 heterocycles. The van der Waals surface area contributed by atoms with Gasteiger partial charge < -0.3 is 4.74 Å². The Bertz CT molecular complexity index is 357. The number of halogens is 3. The number of alkyl halides is 2. The van der Waals surface area contributed by atoms with Crippen molar-refractivity contribution in [3.05, 3.63) is 22.5 Å². The summed E-state index contributed by atoms with van der Waals surface area (Å²) in [6.45, 7) is 0. The van der Waals surface area contributed by atoms with Gasteiger partial charge >= 0.3 is 0 Å². The molecule has 0 N–H and O–H groups in total. The molecule has 0 aliphatic carbocycles. The smallest absolute Gasteiger partial charge is 0.280 e. The van der Waals surface area contributed by atoms with Crippen molar-refractivity contribution in [2.24, 2.45) is 0 Å². The second-order valence-electron chi connectivity index (χ2n) is 2.37. The third kappa shape index (κ3) is 1.98. The number of nitrogens with zero attached hydrogens (tertiary/aromatic N) is 1. The van der Waals surface area contributed by atoms with Crippen LogP contribution < -0.4 is 4.74 Å². The van der Waals surface area contributed by atoms with Crippen molar-refractivity contribution >= 4 is 17.9 Å². The van der Waals surface area contributed by atoms with Crippen molar-refractivity contribution in [2.75, 3.05) is 7.11 Å². The molecule has 0 spiro atoms. The number of pyridine rings is 1.